The van der Waals surface area contributed by atoms with E-state index in [4.69, 9.17) is 4.74 Å². The van der Waals surface area contributed by atoms with Crippen molar-refractivity contribution in [3.05, 3.63) is 47.0 Å². The summed E-state index contributed by atoms with van der Waals surface area (Å²) < 4.78 is 21.1. The van der Waals surface area contributed by atoms with Gasteiger partial charge in [0, 0.05) is 48.7 Å². The fourth-order valence-electron chi connectivity index (χ4n) is 3.96. The molecule has 1 aliphatic heterocycles. The van der Waals surface area contributed by atoms with Crippen molar-refractivity contribution in [2.75, 3.05) is 24.6 Å². The Morgan fingerprint density at radius 2 is 1.97 bits per heavy atom. The highest BCUT2D eigenvalue weighted by Gasteiger charge is 2.21. The second-order valence-corrected chi connectivity index (χ2v) is 8.60. The van der Waals surface area contributed by atoms with Crippen LogP contribution < -0.4 is 10.2 Å². The smallest absolute Gasteiger partial charge is 0.220 e. The molecule has 1 fully saturated rings. The number of nitrogens with zero attached hydrogens (tertiary/aromatic N) is 2. The third-order valence-electron chi connectivity index (χ3n) is 5.20. The van der Waals surface area contributed by atoms with Gasteiger partial charge in [-0.25, -0.2) is 4.39 Å². The number of morpholine rings is 1. The van der Waals surface area contributed by atoms with Gasteiger partial charge in [0.15, 0.2) is 0 Å². The van der Waals surface area contributed by atoms with Crippen LogP contribution in [0, 0.1) is 25.6 Å². The summed E-state index contributed by atoms with van der Waals surface area (Å²) in [6.07, 6.45) is 0.549. The standard InChI is InChI=1S/C24H32FN3O2/c1-15(2)8-23(29)26-13-20-11-21(28-6-7-30-18(5)14-28)12-22(25)24(20)19-9-16(3)27-17(4)10-19/h9-12,15,18H,6-8,13-14H2,1-5H3,(H,26,29). The van der Waals surface area contributed by atoms with Gasteiger partial charge in [-0.3, -0.25) is 9.78 Å². The van der Waals surface area contributed by atoms with Gasteiger partial charge in [0.25, 0.3) is 0 Å². The number of nitrogens with one attached hydrogen (secondary N) is 1. The summed E-state index contributed by atoms with van der Waals surface area (Å²) in [6, 6.07) is 7.37. The molecule has 0 radical (unpaired) electrons. The second-order valence-electron chi connectivity index (χ2n) is 8.60. The van der Waals surface area contributed by atoms with E-state index in [9.17, 15) is 4.79 Å². The van der Waals surface area contributed by atoms with Crippen molar-refractivity contribution in [1.29, 1.82) is 0 Å². The Hall–Kier alpha value is -2.47. The molecule has 5 nitrogen and oxygen atoms in total. The number of benzene rings is 1. The summed E-state index contributed by atoms with van der Waals surface area (Å²) in [4.78, 5) is 18.8. The van der Waals surface area contributed by atoms with E-state index in [0.29, 0.717) is 25.1 Å². The highest BCUT2D eigenvalue weighted by atomic mass is 19.1. The molecule has 1 amide bonds. The Bertz CT molecular complexity index is 893. The van der Waals surface area contributed by atoms with Crippen LogP contribution >= 0.6 is 0 Å². The van der Waals surface area contributed by atoms with E-state index in [2.05, 4.69) is 15.2 Å². The van der Waals surface area contributed by atoms with E-state index >= 15 is 4.39 Å². The van der Waals surface area contributed by atoms with E-state index in [1.807, 2.05) is 52.8 Å². The average Bonchev–Trinajstić information content (AvgIpc) is 2.64. The molecule has 3 rings (SSSR count). The zero-order chi connectivity index (χ0) is 21.8. The van der Waals surface area contributed by atoms with Crippen LogP contribution in [0.3, 0.4) is 0 Å². The fourth-order valence-corrected chi connectivity index (χ4v) is 3.96. The SMILES string of the molecule is Cc1cc(-c2c(F)cc(N3CCOC(C)C3)cc2CNC(=O)CC(C)C)cc(C)n1. The monoisotopic (exact) mass is 413 g/mol. The number of aromatic nitrogens is 1. The lowest BCUT2D eigenvalue weighted by Gasteiger charge is -2.33. The minimum absolute atomic E-state index is 0.0242. The lowest BCUT2D eigenvalue weighted by Crippen LogP contribution is -2.41. The van der Waals surface area contributed by atoms with Crippen LogP contribution in [0.15, 0.2) is 24.3 Å². The second kappa shape index (κ2) is 9.56. The lowest BCUT2D eigenvalue weighted by atomic mass is 9.97. The minimum Gasteiger partial charge on any atom is -0.375 e. The number of hydrogen-bond acceptors (Lipinski definition) is 4. The molecule has 1 aliphatic rings. The first kappa shape index (κ1) is 22.2. The Balaban J connectivity index is 2.00. The number of hydrogen-bond donors (Lipinski definition) is 1. The summed E-state index contributed by atoms with van der Waals surface area (Å²) in [7, 11) is 0. The van der Waals surface area contributed by atoms with Gasteiger partial charge in [-0.2, -0.15) is 0 Å². The van der Waals surface area contributed by atoms with Crippen LogP contribution in [-0.2, 0) is 16.1 Å². The molecular formula is C24H32FN3O2. The van der Waals surface area contributed by atoms with Crippen LogP contribution in [0.1, 0.15) is 44.1 Å². The maximum atomic E-state index is 15.5. The number of ether oxygens (including phenoxy) is 1. The molecule has 1 aromatic carbocycles. The molecule has 30 heavy (non-hydrogen) atoms. The first-order chi connectivity index (χ1) is 14.2. The summed E-state index contributed by atoms with van der Waals surface area (Å²) >= 11 is 0. The zero-order valence-corrected chi connectivity index (χ0v) is 18.6. The molecule has 2 aromatic rings. The molecule has 1 N–H and O–H groups in total. The lowest BCUT2D eigenvalue weighted by molar-refractivity contribution is -0.121. The number of anilines is 1. The quantitative estimate of drug-likeness (QED) is 0.763. The van der Waals surface area contributed by atoms with E-state index in [-0.39, 0.29) is 30.3 Å². The molecule has 2 heterocycles. The van der Waals surface area contributed by atoms with Gasteiger partial charge in [0.2, 0.25) is 5.91 Å². The number of pyridine rings is 1. The van der Waals surface area contributed by atoms with Crippen LogP contribution in [0.25, 0.3) is 11.1 Å². The van der Waals surface area contributed by atoms with Crippen LogP contribution in [0.4, 0.5) is 10.1 Å². The summed E-state index contributed by atoms with van der Waals surface area (Å²) in [6.45, 7) is 12.2. The minimum atomic E-state index is -0.287. The highest BCUT2D eigenvalue weighted by molar-refractivity contribution is 5.77. The highest BCUT2D eigenvalue weighted by Crippen LogP contribution is 2.33. The maximum Gasteiger partial charge on any atom is 0.220 e. The van der Waals surface area contributed by atoms with E-state index < -0.39 is 0 Å². The predicted molar refractivity (Wildman–Crippen MR) is 118 cm³/mol. The molecule has 6 heteroatoms. The Morgan fingerprint density at radius 1 is 1.27 bits per heavy atom. The third-order valence-corrected chi connectivity index (χ3v) is 5.20. The van der Waals surface area contributed by atoms with Crippen molar-refractivity contribution in [1.82, 2.24) is 10.3 Å². The van der Waals surface area contributed by atoms with E-state index in [0.717, 1.165) is 34.7 Å². The van der Waals surface area contributed by atoms with Crippen molar-refractivity contribution in [3.8, 4) is 11.1 Å². The van der Waals surface area contributed by atoms with Gasteiger partial charge in [-0.05, 0) is 62.1 Å². The van der Waals surface area contributed by atoms with Crippen LogP contribution in [0.2, 0.25) is 0 Å². The topological polar surface area (TPSA) is 54.5 Å². The van der Waals surface area contributed by atoms with E-state index in [1.165, 1.54) is 0 Å². The molecule has 1 aromatic heterocycles. The molecule has 0 spiro atoms. The van der Waals surface area contributed by atoms with Gasteiger partial charge in [-0.1, -0.05) is 13.8 Å². The van der Waals surface area contributed by atoms with Gasteiger partial charge < -0.3 is 15.0 Å². The molecule has 1 saturated heterocycles. The van der Waals surface area contributed by atoms with Gasteiger partial charge in [0.1, 0.15) is 5.82 Å². The number of rotatable bonds is 6. The molecule has 0 bridgehead atoms. The summed E-state index contributed by atoms with van der Waals surface area (Å²) in [5.41, 5.74) is 4.58. The Kier molecular flexibility index (Phi) is 7.08. The number of halogens is 1. The number of carbonyl (C=O) groups is 1. The van der Waals surface area contributed by atoms with Gasteiger partial charge in [-0.15, -0.1) is 0 Å². The Morgan fingerprint density at radius 3 is 2.60 bits per heavy atom. The van der Waals surface area contributed by atoms with E-state index in [1.54, 1.807) is 6.07 Å². The Labute approximate surface area is 178 Å². The zero-order valence-electron chi connectivity index (χ0n) is 18.6. The van der Waals surface area contributed by atoms with Gasteiger partial charge >= 0.3 is 0 Å². The molecule has 0 saturated carbocycles. The molecule has 1 unspecified atom stereocenters. The van der Waals surface area contributed by atoms with Crippen molar-refractivity contribution in [2.24, 2.45) is 5.92 Å². The van der Waals surface area contributed by atoms with Crippen molar-refractivity contribution in [2.45, 2.75) is 53.7 Å². The molecule has 162 valence electrons. The van der Waals surface area contributed by atoms with Gasteiger partial charge in [0.05, 0.1) is 12.7 Å². The number of carbonyl (C=O) groups excluding carboxylic acids is 1. The fraction of sp³-hybridized carbons (Fsp3) is 0.500. The van der Waals surface area contributed by atoms with Crippen LogP contribution in [-0.4, -0.2) is 36.7 Å². The van der Waals surface area contributed by atoms with Crippen molar-refractivity contribution >= 4 is 11.6 Å². The predicted octanol–water partition coefficient (Wildman–Crippen LogP) is 4.39. The summed E-state index contributed by atoms with van der Waals surface area (Å²) in [5.74, 6) is -0.0403. The summed E-state index contributed by atoms with van der Waals surface area (Å²) in [5, 5.41) is 2.97. The molecule has 1 atom stereocenters. The molecule has 0 aliphatic carbocycles. The van der Waals surface area contributed by atoms with Crippen molar-refractivity contribution in [3.63, 3.8) is 0 Å². The van der Waals surface area contributed by atoms with Crippen LogP contribution in [0.5, 0.6) is 0 Å². The maximum absolute atomic E-state index is 15.5. The number of aryl methyl sites for hydroxylation is 2. The first-order valence-corrected chi connectivity index (χ1v) is 10.6. The van der Waals surface area contributed by atoms with Crippen molar-refractivity contribution < 1.29 is 13.9 Å². The first-order valence-electron chi connectivity index (χ1n) is 10.6. The third kappa shape index (κ3) is 5.57. The normalized spacial score (nSPS) is 16.8. The molecular weight excluding hydrogens is 381 g/mol. The largest absolute Gasteiger partial charge is 0.375 e. The number of amides is 1. The average molecular weight is 414 g/mol.